The zero-order valence-electron chi connectivity index (χ0n) is 11.2. The molecule has 0 amide bonds. The predicted octanol–water partition coefficient (Wildman–Crippen LogP) is 3.54. The number of anilines is 1. The van der Waals surface area contributed by atoms with Gasteiger partial charge in [-0.05, 0) is 31.7 Å². The first-order valence-electron chi connectivity index (χ1n) is 6.89. The molecule has 2 aromatic heterocycles. The number of nitrogen functional groups attached to an aromatic ring is 1. The van der Waals surface area contributed by atoms with Gasteiger partial charge in [0.25, 0.3) is 0 Å². The number of rotatable bonds is 3. The predicted molar refractivity (Wildman–Crippen MR) is 78.6 cm³/mol. The Morgan fingerprint density at radius 1 is 1.32 bits per heavy atom. The molecule has 0 bridgehead atoms. The van der Waals surface area contributed by atoms with Crippen LogP contribution in [0.2, 0.25) is 0 Å². The third-order valence-corrected chi connectivity index (χ3v) is 4.62. The summed E-state index contributed by atoms with van der Waals surface area (Å²) < 4.78 is 5.93. The lowest BCUT2D eigenvalue weighted by Crippen LogP contribution is -2.16. The molecule has 1 fully saturated rings. The molecule has 2 N–H and O–H groups in total. The van der Waals surface area contributed by atoms with Gasteiger partial charge in [-0.3, -0.25) is 0 Å². The molecule has 0 atom stereocenters. The maximum Gasteiger partial charge on any atom is 0.227 e. The molecule has 0 spiro atoms. The van der Waals surface area contributed by atoms with Gasteiger partial charge in [0.2, 0.25) is 11.8 Å². The van der Waals surface area contributed by atoms with Crippen LogP contribution in [0, 0.1) is 12.8 Å². The molecule has 1 aliphatic rings. The molecule has 0 aromatic carbocycles. The van der Waals surface area contributed by atoms with Crippen LogP contribution in [-0.4, -0.2) is 16.6 Å². The largest absolute Gasteiger partial charge is 0.477 e. The molecule has 0 aliphatic heterocycles. The number of ether oxygens (including phenoxy) is 1. The first-order chi connectivity index (χ1) is 9.22. The van der Waals surface area contributed by atoms with Gasteiger partial charge < -0.3 is 10.5 Å². The number of aryl methyl sites for hydroxylation is 1. The second-order valence-electron chi connectivity index (χ2n) is 5.28. The van der Waals surface area contributed by atoms with Gasteiger partial charge in [-0.25, -0.2) is 4.98 Å². The molecule has 4 nitrogen and oxygen atoms in total. The smallest absolute Gasteiger partial charge is 0.227 e. The molecule has 3 rings (SSSR count). The van der Waals surface area contributed by atoms with Gasteiger partial charge in [-0.2, -0.15) is 4.98 Å². The van der Waals surface area contributed by atoms with Crippen LogP contribution >= 0.6 is 11.3 Å². The van der Waals surface area contributed by atoms with E-state index in [0.29, 0.717) is 17.7 Å². The minimum absolute atomic E-state index is 0.299. The second-order valence-corrected chi connectivity index (χ2v) is 6.51. The third-order valence-electron chi connectivity index (χ3n) is 3.68. The lowest BCUT2D eigenvalue weighted by atomic mass is 9.90. The highest BCUT2D eigenvalue weighted by atomic mass is 32.1. The monoisotopic (exact) mass is 277 g/mol. The summed E-state index contributed by atoms with van der Waals surface area (Å²) in [6, 6.07) is 2.08. The third kappa shape index (κ3) is 2.81. The summed E-state index contributed by atoms with van der Waals surface area (Å²) in [6.07, 6.45) is 6.56. The van der Waals surface area contributed by atoms with Crippen molar-refractivity contribution in [2.45, 2.75) is 39.0 Å². The van der Waals surface area contributed by atoms with Crippen molar-refractivity contribution in [1.29, 1.82) is 0 Å². The maximum atomic E-state index is 5.93. The van der Waals surface area contributed by atoms with Crippen LogP contribution < -0.4 is 10.5 Å². The van der Waals surface area contributed by atoms with E-state index in [1.54, 1.807) is 11.3 Å². The average Bonchev–Trinajstić information content (AvgIpc) is 2.77. The average molecular weight is 277 g/mol. The molecule has 102 valence electrons. The molecule has 19 heavy (non-hydrogen) atoms. The normalized spacial score (nSPS) is 16.9. The van der Waals surface area contributed by atoms with Crippen LogP contribution in [-0.2, 0) is 0 Å². The van der Waals surface area contributed by atoms with Crippen molar-refractivity contribution in [3.63, 3.8) is 0 Å². The molecule has 1 aliphatic carbocycles. The molecule has 0 radical (unpaired) electrons. The summed E-state index contributed by atoms with van der Waals surface area (Å²) in [6.45, 7) is 2.81. The Morgan fingerprint density at radius 2 is 2.11 bits per heavy atom. The Kier molecular flexibility index (Phi) is 3.55. The maximum absolute atomic E-state index is 5.93. The quantitative estimate of drug-likeness (QED) is 0.932. The highest BCUT2D eigenvalue weighted by Gasteiger charge is 2.16. The van der Waals surface area contributed by atoms with Crippen LogP contribution in [0.1, 0.15) is 37.0 Å². The highest BCUT2D eigenvalue weighted by Crippen LogP contribution is 2.31. The zero-order valence-corrected chi connectivity index (χ0v) is 12.0. The van der Waals surface area contributed by atoms with E-state index in [4.69, 9.17) is 10.5 Å². The van der Waals surface area contributed by atoms with Crippen LogP contribution in [0.25, 0.3) is 10.2 Å². The fourth-order valence-electron chi connectivity index (χ4n) is 2.69. The molecule has 0 unspecified atom stereocenters. The van der Waals surface area contributed by atoms with Crippen molar-refractivity contribution < 1.29 is 4.74 Å². The minimum atomic E-state index is 0.299. The first-order valence-corrected chi connectivity index (χ1v) is 7.70. The van der Waals surface area contributed by atoms with Gasteiger partial charge in [0, 0.05) is 4.88 Å². The van der Waals surface area contributed by atoms with E-state index in [-0.39, 0.29) is 0 Å². The van der Waals surface area contributed by atoms with Crippen molar-refractivity contribution in [2.24, 2.45) is 5.92 Å². The van der Waals surface area contributed by atoms with E-state index in [0.717, 1.165) is 16.8 Å². The van der Waals surface area contributed by atoms with Gasteiger partial charge in [0.15, 0.2) is 0 Å². The molecule has 2 heterocycles. The molecular formula is C14H19N3OS. The van der Waals surface area contributed by atoms with Gasteiger partial charge >= 0.3 is 0 Å². The Morgan fingerprint density at radius 3 is 2.89 bits per heavy atom. The summed E-state index contributed by atoms with van der Waals surface area (Å²) in [5.41, 5.74) is 5.75. The van der Waals surface area contributed by atoms with Crippen LogP contribution in [0.4, 0.5) is 5.95 Å². The Hall–Kier alpha value is -1.36. The number of aromatic nitrogens is 2. The van der Waals surface area contributed by atoms with Crippen LogP contribution in [0.5, 0.6) is 5.88 Å². The Labute approximate surface area is 117 Å². The molecular weight excluding hydrogens is 258 g/mol. The number of hydrogen-bond donors (Lipinski definition) is 1. The molecule has 0 saturated heterocycles. The fourth-order valence-corrected chi connectivity index (χ4v) is 3.57. The lowest BCUT2D eigenvalue weighted by Gasteiger charge is -2.21. The first kappa shape index (κ1) is 12.7. The van der Waals surface area contributed by atoms with Gasteiger partial charge in [-0.15, -0.1) is 11.3 Å². The summed E-state index contributed by atoms with van der Waals surface area (Å²) in [5.74, 6) is 1.62. The van der Waals surface area contributed by atoms with E-state index in [2.05, 4.69) is 23.0 Å². The minimum Gasteiger partial charge on any atom is -0.477 e. The van der Waals surface area contributed by atoms with Crippen molar-refractivity contribution in [3.8, 4) is 5.88 Å². The standard InChI is InChI=1S/C14H19N3OS/c1-9-7-11-12(16-14(15)17-13(11)19-9)18-8-10-5-3-2-4-6-10/h7,10H,2-6,8H2,1H3,(H2,15,16,17). The SMILES string of the molecule is Cc1cc2c(OCC3CCCCC3)nc(N)nc2s1. The van der Waals surface area contributed by atoms with E-state index in [1.165, 1.54) is 37.0 Å². The van der Waals surface area contributed by atoms with Crippen molar-refractivity contribution >= 4 is 27.5 Å². The summed E-state index contributed by atoms with van der Waals surface area (Å²) >= 11 is 1.63. The summed E-state index contributed by atoms with van der Waals surface area (Å²) in [4.78, 5) is 10.6. The van der Waals surface area contributed by atoms with Crippen molar-refractivity contribution in [1.82, 2.24) is 9.97 Å². The molecule has 2 aromatic rings. The van der Waals surface area contributed by atoms with E-state index >= 15 is 0 Å². The summed E-state index contributed by atoms with van der Waals surface area (Å²) in [7, 11) is 0. The van der Waals surface area contributed by atoms with E-state index in [9.17, 15) is 0 Å². The second kappa shape index (κ2) is 5.33. The number of thiophene rings is 1. The topological polar surface area (TPSA) is 61.0 Å². The number of nitrogens with zero attached hydrogens (tertiary/aromatic N) is 2. The summed E-state index contributed by atoms with van der Waals surface area (Å²) in [5, 5.41) is 0.993. The zero-order chi connectivity index (χ0) is 13.2. The van der Waals surface area contributed by atoms with Crippen LogP contribution in [0.15, 0.2) is 6.07 Å². The number of fused-ring (bicyclic) bond motifs is 1. The van der Waals surface area contributed by atoms with Gasteiger partial charge in [0.05, 0.1) is 12.0 Å². The van der Waals surface area contributed by atoms with E-state index < -0.39 is 0 Å². The molecule has 1 saturated carbocycles. The molecule has 5 heteroatoms. The Balaban J connectivity index is 1.79. The number of nitrogens with two attached hydrogens (primary N) is 1. The van der Waals surface area contributed by atoms with Crippen molar-refractivity contribution in [3.05, 3.63) is 10.9 Å². The lowest BCUT2D eigenvalue weighted by molar-refractivity contribution is 0.205. The highest BCUT2D eigenvalue weighted by molar-refractivity contribution is 7.18. The number of hydrogen-bond acceptors (Lipinski definition) is 5. The van der Waals surface area contributed by atoms with Gasteiger partial charge in [0.1, 0.15) is 4.83 Å². The Bertz CT molecular complexity index is 575. The van der Waals surface area contributed by atoms with Crippen molar-refractivity contribution in [2.75, 3.05) is 12.3 Å². The van der Waals surface area contributed by atoms with Crippen LogP contribution in [0.3, 0.4) is 0 Å². The van der Waals surface area contributed by atoms with E-state index in [1.807, 2.05) is 0 Å². The van der Waals surface area contributed by atoms with Gasteiger partial charge in [-0.1, -0.05) is 19.3 Å². The fraction of sp³-hybridized carbons (Fsp3) is 0.571.